The predicted molar refractivity (Wildman–Crippen MR) is 140 cm³/mol. The number of rotatable bonds is 6. The predicted octanol–water partition coefficient (Wildman–Crippen LogP) is 2.62. The molecule has 1 fully saturated rings. The number of nitrogens with one attached hydrogen (secondary N) is 1. The second-order valence-electron chi connectivity index (χ2n) is 9.71. The van der Waals surface area contributed by atoms with E-state index in [-0.39, 0.29) is 6.04 Å². The second kappa shape index (κ2) is 11.5. The first-order chi connectivity index (χ1) is 18.8. The average molecular weight is 586 g/mol. The monoisotopic (exact) mass is 585 g/mol. The van der Waals surface area contributed by atoms with E-state index in [1.807, 2.05) is 0 Å². The fraction of sp³-hybridized carbons (Fsp3) is 0.500. The number of carbonyl (C=O) groups is 1. The van der Waals surface area contributed by atoms with E-state index in [0.717, 1.165) is 49.2 Å². The lowest BCUT2D eigenvalue weighted by atomic mass is 9.99. The van der Waals surface area contributed by atoms with Crippen LogP contribution in [0.4, 0.5) is 24.8 Å². The zero-order valence-corrected chi connectivity index (χ0v) is 23.0. The van der Waals surface area contributed by atoms with Crippen molar-refractivity contribution in [1.82, 2.24) is 29.0 Å². The fourth-order valence-electron chi connectivity index (χ4n) is 4.80. The maximum absolute atomic E-state index is 12.1. The zero-order valence-electron chi connectivity index (χ0n) is 22.1. The van der Waals surface area contributed by atoms with Crippen molar-refractivity contribution in [3.8, 4) is 5.75 Å². The Morgan fingerprint density at radius 2 is 1.95 bits per heavy atom. The first kappa shape index (κ1) is 29.5. The van der Waals surface area contributed by atoms with Gasteiger partial charge in [-0.1, -0.05) is 0 Å². The van der Waals surface area contributed by atoms with Gasteiger partial charge in [0.15, 0.2) is 5.65 Å². The van der Waals surface area contributed by atoms with Crippen molar-refractivity contribution in [1.29, 1.82) is 0 Å². The summed E-state index contributed by atoms with van der Waals surface area (Å²) in [5, 5.41) is 15.7. The van der Waals surface area contributed by atoms with Crippen LogP contribution in [-0.4, -0.2) is 94.2 Å². The molecule has 2 N–H and O–H groups in total. The topological polar surface area (TPSA) is 143 Å². The fourth-order valence-corrected chi connectivity index (χ4v) is 5.98. The van der Waals surface area contributed by atoms with Gasteiger partial charge in [0, 0.05) is 31.9 Å². The number of aliphatic carboxylic acids is 1. The molecular weight excluding hydrogens is 555 g/mol. The number of benzene rings is 1. The highest BCUT2D eigenvalue weighted by Crippen LogP contribution is 2.33. The molecule has 0 spiro atoms. The number of hydrogen-bond donors (Lipinski definition) is 2. The Labute approximate surface area is 228 Å². The Hall–Kier alpha value is -3.50. The number of nitrogens with zero attached hydrogens (tertiary/aromatic N) is 6. The van der Waals surface area contributed by atoms with Gasteiger partial charge in [0.25, 0.3) is 0 Å². The Bertz CT molecular complexity index is 1500. The summed E-state index contributed by atoms with van der Waals surface area (Å²) in [4.78, 5) is 20.4. The normalized spacial score (nSPS) is 18.2. The SMILES string of the molecule is COc1cc2c(cc1Nc1ncc3cnn(C[C@H]4CCCN4S(C)(=O)=O)c3n1)CN(C)CC2.O=C(O)C(F)(F)F. The lowest BCUT2D eigenvalue weighted by molar-refractivity contribution is -0.192. The van der Waals surface area contributed by atoms with E-state index in [4.69, 9.17) is 19.6 Å². The number of methoxy groups -OCH3 is 1. The molecule has 0 bridgehead atoms. The number of sulfonamides is 1. The second-order valence-corrected chi connectivity index (χ2v) is 11.6. The molecule has 4 heterocycles. The van der Waals surface area contributed by atoms with Gasteiger partial charge in [0.05, 0.1) is 37.2 Å². The van der Waals surface area contributed by atoms with Crippen molar-refractivity contribution >= 4 is 38.7 Å². The third-order valence-corrected chi connectivity index (χ3v) is 8.06. The van der Waals surface area contributed by atoms with E-state index in [1.165, 1.54) is 17.4 Å². The number of carboxylic acid groups (broad SMARTS) is 1. The summed E-state index contributed by atoms with van der Waals surface area (Å²) in [5.74, 6) is -1.56. The van der Waals surface area contributed by atoms with Crippen molar-refractivity contribution in [3.05, 3.63) is 35.7 Å². The van der Waals surface area contributed by atoms with Gasteiger partial charge in [-0.2, -0.15) is 27.6 Å². The molecule has 0 amide bonds. The molecule has 0 unspecified atom stereocenters. The maximum Gasteiger partial charge on any atom is 0.490 e. The molecule has 16 heteroatoms. The van der Waals surface area contributed by atoms with E-state index in [0.29, 0.717) is 24.7 Å². The van der Waals surface area contributed by atoms with Gasteiger partial charge in [-0.3, -0.25) is 0 Å². The van der Waals surface area contributed by atoms with Crippen LogP contribution in [0, 0.1) is 0 Å². The summed E-state index contributed by atoms with van der Waals surface area (Å²) < 4.78 is 64.9. The molecule has 12 nitrogen and oxygen atoms in total. The molecule has 0 saturated carbocycles. The smallest absolute Gasteiger partial charge is 0.490 e. The number of hydrogen-bond acceptors (Lipinski definition) is 9. The minimum Gasteiger partial charge on any atom is -0.495 e. The highest BCUT2D eigenvalue weighted by Gasteiger charge is 2.38. The molecule has 1 aromatic carbocycles. The number of fused-ring (bicyclic) bond motifs is 2. The number of aromatic nitrogens is 4. The number of carboxylic acids is 1. The Morgan fingerprint density at radius 1 is 1.23 bits per heavy atom. The molecule has 2 aliphatic rings. The standard InChI is InChI=1S/C22H29N7O3S.C2HF3O2/c1-27-8-6-15-10-20(32-2)19(9-16(15)13-27)25-22-23-11-17-12-24-28(21(17)26-22)14-18-5-4-7-29(18)33(3,30)31;3-2(4,5)1(6)7/h9-12,18H,4-8,13-14H2,1-3H3,(H,23,25,26);(H,6,7)/t18-;/m1./s1. The summed E-state index contributed by atoms with van der Waals surface area (Å²) in [5.41, 5.74) is 4.05. The van der Waals surface area contributed by atoms with Gasteiger partial charge in [0.2, 0.25) is 16.0 Å². The lowest BCUT2D eigenvalue weighted by Gasteiger charge is -2.26. The summed E-state index contributed by atoms with van der Waals surface area (Å²) in [6.45, 7) is 2.93. The van der Waals surface area contributed by atoms with Crippen LogP contribution in [-0.2, 0) is 34.3 Å². The van der Waals surface area contributed by atoms with E-state index in [9.17, 15) is 21.6 Å². The van der Waals surface area contributed by atoms with Crippen LogP contribution >= 0.6 is 0 Å². The van der Waals surface area contributed by atoms with Crippen LogP contribution in [0.5, 0.6) is 5.75 Å². The summed E-state index contributed by atoms with van der Waals surface area (Å²) in [6, 6.07) is 4.08. The number of anilines is 2. The Balaban J connectivity index is 0.000000470. The molecule has 2 aromatic heterocycles. The Kier molecular flexibility index (Phi) is 8.51. The molecule has 1 atom stereocenters. The van der Waals surface area contributed by atoms with Crippen molar-refractivity contribution < 1.29 is 36.2 Å². The number of alkyl halides is 3. The van der Waals surface area contributed by atoms with E-state index < -0.39 is 22.2 Å². The third kappa shape index (κ3) is 6.79. The first-order valence-corrected chi connectivity index (χ1v) is 14.2. The molecule has 2 aliphatic heterocycles. The van der Waals surface area contributed by atoms with Gasteiger partial charge >= 0.3 is 12.1 Å². The molecular formula is C24H30F3N7O5S. The lowest BCUT2D eigenvalue weighted by Crippen LogP contribution is -2.37. The largest absolute Gasteiger partial charge is 0.495 e. The van der Waals surface area contributed by atoms with E-state index in [2.05, 4.69) is 39.5 Å². The molecule has 1 saturated heterocycles. The van der Waals surface area contributed by atoms with Crippen LogP contribution in [0.2, 0.25) is 0 Å². The third-order valence-electron chi connectivity index (χ3n) is 6.72. The minimum atomic E-state index is -5.08. The quantitative estimate of drug-likeness (QED) is 0.443. The molecule has 218 valence electrons. The van der Waals surface area contributed by atoms with Crippen LogP contribution in [0.3, 0.4) is 0 Å². The van der Waals surface area contributed by atoms with Crippen LogP contribution in [0.15, 0.2) is 24.5 Å². The Morgan fingerprint density at radius 3 is 2.60 bits per heavy atom. The van der Waals surface area contributed by atoms with Crippen LogP contribution < -0.4 is 10.1 Å². The minimum absolute atomic E-state index is 0.118. The van der Waals surface area contributed by atoms with Crippen LogP contribution in [0.1, 0.15) is 24.0 Å². The number of halogens is 3. The molecule has 0 radical (unpaired) electrons. The molecule has 3 aromatic rings. The van der Waals surface area contributed by atoms with Gasteiger partial charge in [-0.05, 0) is 49.6 Å². The number of likely N-dealkylation sites (N-methyl/N-ethyl adjacent to an activating group) is 1. The van der Waals surface area contributed by atoms with Crippen molar-refractivity contribution in [2.24, 2.45) is 0 Å². The van der Waals surface area contributed by atoms with Gasteiger partial charge in [0.1, 0.15) is 5.75 Å². The highest BCUT2D eigenvalue weighted by atomic mass is 32.2. The number of ether oxygens (including phenoxy) is 1. The molecule has 0 aliphatic carbocycles. The van der Waals surface area contributed by atoms with Crippen LogP contribution in [0.25, 0.3) is 11.0 Å². The zero-order chi connectivity index (χ0) is 29.2. The molecule has 5 rings (SSSR count). The summed E-state index contributed by atoms with van der Waals surface area (Å²) in [7, 11) is 0.535. The van der Waals surface area contributed by atoms with Gasteiger partial charge < -0.3 is 20.1 Å². The van der Waals surface area contributed by atoms with Gasteiger partial charge in [-0.25, -0.2) is 22.9 Å². The van der Waals surface area contributed by atoms with E-state index in [1.54, 1.807) is 28.5 Å². The summed E-state index contributed by atoms with van der Waals surface area (Å²) >= 11 is 0. The van der Waals surface area contributed by atoms with Crippen molar-refractivity contribution in [3.63, 3.8) is 0 Å². The maximum atomic E-state index is 12.1. The first-order valence-electron chi connectivity index (χ1n) is 12.4. The van der Waals surface area contributed by atoms with Crippen molar-refractivity contribution in [2.45, 2.75) is 44.6 Å². The average Bonchev–Trinajstić information content (AvgIpc) is 3.51. The van der Waals surface area contributed by atoms with Crippen molar-refractivity contribution in [2.75, 3.05) is 38.8 Å². The highest BCUT2D eigenvalue weighted by molar-refractivity contribution is 7.88. The molecule has 40 heavy (non-hydrogen) atoms. The van der Waals surface area contributed by atoms with Gasteiger partial charge in [-0.15, -0.1) is 0 Å². The summed E-state index contributed by atoms with van der Waals surface area (Å²) in [6.07, 6.45) is 2.29. The van der Waals surface area contributed by atoms with E-state index >= 15 is 0 Å².